The van der Waals surface area contributed by atoms with Crippen molar-refractivity contribution in [3.63, 3.8) is 0 Å². The summed E-state index contributed by atoms with van der Waals surface area (Å²) in [6, 6.07) is 12.8. The molecule has 0 unspecified atom stereocenters. The van der Waals surface area contributed by atoms with Gasteiger partial charge < -0.3 is 0 Å². The fourth-order valence-electron chi connectivity index (χ4n) is 1.52. The fourth-order valence-corrected chi connectivity index (χ4v) is 2.20. The Balaban J connectivity index is 2.78. The zero-order valence-corrected chi connectivity index (χ0v) is 10.00. The summed E-state index contributed by atoms with van der Waals surface area (Å²) in [5, 5.41) is 18.2. The van der Waals surface area contributed by atoms with Gasteiger partial charge in [-0.25, -0.2) is 0 Å². The number of nitrogens with zero attached hydrogens (tertiary/aromatic N) is 3. The second-order valence-electron chi connectivity index (χ2n) is 3.23. The predicted molar refractivity (Wildman–Crippen MR) is 65.2 cm³/mol. The smallest absolute Gasteiger partial charge is 0.134 e. The van der Waals surface area contributed by atoms with Gasteiger partial charge in [-0.05, 0) is 12.1 Å². The van der Waals surface area contributed by atoms with E-state index in [-0.39, 0.29) is 21.4 Å². The Morgan fingerprint density at radius 2 is 1.35 bits per heavy atom. The van der Waals surface area contributed by atoms with E-state index in [1.54, 1.807) is 12.1 Å². The standard InChI is InChI=1S/C12H5Cl2N3/c13-11-9(6-15)10(7-16)12(14)17(11)8-4-2-1-3-5-8/h1-5H. The van der Waals surface area contributed by atoms with Crippen LogP contribution in [0.5, 0.6) is 0 Å². The third kappa shape index (κ3) is 1.76. The van der Waals surface area contributed by atoms with Crippen molar-refractivity contribution in [3.8, 4) is 17.8 Å². The number of halogens is 2. The number of rotatable bonds is 1. The molecule has 0 saturated heterocycles. The highest BCUT2D eigenvalue weighted by atomic mass is 35.5. The largest absolute Gasteiger partial charge is 0.289 e. The molecular weight excluding hydrogens is 257 g/mol. The van der Waals surface area contributed by atoms with Gasteiger partial charge in [-0.15, -0.1) is 0 Å². The molecule has 2 aromatic rings. The van der Waals surface area contributed by atoms with E-state index >= 15 is 0 Å². The first-order chi connectivity index (χ1) is 8.20. The van der Waals surface area contributed by atoms with Crippen LogP contribution in [0.1, 0.15) is 11.1 Å². The van der Waals surface area contributed by atoms with Crippen LogP contribution < -0.4 is 0 Å². The summed E-state index contributed by atoms with van der Waals surface area (Å²) in [5.41, 5.74) is 0.909. The number of nitriles is 2. The molecule has 0 aliphatic heterocycles. The molecule has 0 radical (unpaired) electrons. The van der Waals surface area contributed by atoms with E-state index in [0.29, 0.717) is 5.69 Å². The summed E-state index contributed by atoms with van der Waals surface area (Å²) in [5.74, 6) is 0. The molecule has 0 spiro atoms. The molecule has 1 aromatic heterocycles. The average molecular weight is 262 g/mol. The highest BCUT2D eigenvalue weighted by Crippen LogP contribution is 2.33. The first kappa shape index (κ1) is 11.5. The van der Waals surface area contributed by atoms with Crippen LogP contribution in [0.4, 0.5) is 0 Å². The number of aromatic nitrogens is 1. The van der Waals surface area contributed by atoms with E-state index in [4.69, 9.17) is 33.7 Å². The molecule has 17 heavy (non-hydrogen) atoms. The summed E-state index contributed by atoms with van der Waals surface area (Å²) < 4.78 is 1.47. The normalized spacial score (nSPS) is 9.65. The Morgan fingerprint density at radius 1 is 0.882 bits per heavy atom. The second kappa shape index (κ2) is 4.51. The van der Waals surface area contributed by atoms with Crippen LogP contribution >= 0.6 is 23.2 Å². The molecule has 1 heterocycles. The minimum absolute atomic E-state index is 0.100. The Bertz CT molecular complexity index is 608. The lowest BCUT2D eigenvalue weighted by molar-refractivity contribution is 1.08. The Hall–Kier alpha value is -1.94. The number of hydrogen-bond donors (Lipinski definition) is 0. The van der Waals surface area contributed by atoms with E-state index in [1.165, 1.54) is 4.57 Å². The van der Waals surface area contributed by atoms with Crippen LogP contribution in [0.2, 0.25) is 10.3 Å². The van der Waals surface area contributed by atoms with Gasteiger partial charge in [0.1, 0.15) is 33.6 Å². The summed E-state index contributed by atoms with van der Waals surface area (Å²) >= 11 is 12.1. The Labute approximate surface area is 108 Å². The monoisotopic (exact) mass is 261 g/mol. The predicted octanol–water partition coefficient (Wildman–Crippen LogP) is 3.53. The highest BCUT2D eigenvalue weighted by molar-refractivity contribution is 6.36. The van der Waals surface area contributed by atoms with Gasteiger partial charge in [0.05, 0.1) is 0 Å². The van der Waals surface area contributed by atoms with Crippen molar-refractivity contribution in [2.45, 2.75) is 0 Å². The van der Waals surface area contributed by atoms with Crippen molar-refractivity contribution in [1.82, 2.24) is 4.57 Å². The van der Waals surface area contributed by atoms with Crippen LogP contribution in [-0.2, 0) is 0 Å². The third-order valence-corrected chi connectivity index (χ3v) is 3.01. The average Bonchev–Trinajstić information content (AvgIpc) is 2.60. The molecular formula is C12H5Cl2N3. The van der Waals surface area contributed by atoms with Crippen molar-refractivity contribution in [1.29, 1.82) is 10.5 Å². The first-order valence-electron chi connectivity index (χ1n) is 4.66. The van der Waals surface area contributed by atoms with Gasteiger partial charge in [0.15, 0.2) is 0 Å². The van der Waals surface area contributed by atoms with E-state index < -0.39 is 0 Å². The lowest BCUT2D eigenvalue weighted by Crippen LogP contribution is -1.93. The molecule has 2 rings (SSSR count). The van der Waals surface area contributed by atoms with Gasteiger partial charge in [-0.2, -0.15) is 10.5 Å². The number of para-hydroxylation sites is 1. The van der Waals surface area contributed by atoms with Crippen LogP contribution in [0.15, 0.2) is 30.3 Å². The van der Waals surface area contributed by atoms with Gasteiger partial charge >= 0.3 is 0 Å². The summed E-state index contributed by atoms with van der Waals surface area (Å²) in [7, 11) is 0. The molecule has 0 N–H and O–H groups in total. The molecule has 0 bridgehead atoms. The fraction of sp³-hybridized carbons (Fsp3) is 0. The molecule has 0 atom stereocenters. The number of benzene rings is 1. The molecule has 82 valence electrons. The van der Waals surface area contributed by atoms with Gasteiger partial charge in [0.2, 0.25) is 0 Å². The van der Waals surface area contributed by atoms with Gasteiger partial charge in [0.25, 0.3) is 0 Å². The van der Waals surface area contributed by atoms with E-state index in [0.717, 1.165) is 0 Å². The second-order valence-corrected chi connectivity index (χ2v) is 3.94. The van der Waals surface area contributed by atoms with Crippen LogP contribution in [0.3, 0.4) is 0 Å². The minimum Gasteiger partial charge on any atom is -0.289 e. The maximum Gasteiger partial charge on any atom is 0.134 e. The van der Waals surface area contributed by atoms with E-state index in [9.17, 15) is 0 Å². The highest BCUT2D eigenvalue weighted by Gasteiger charge is 2.21. The zero-order valence-electron chi connectivity index (χ0n) is 8.48. The molecule has 1 aromatic carbocycles. The van der Waals surface area contributed by atoms with Gasteiger partial charge in [-0.1, -0.05) is 41.4 Å². The maximum absolute atomic E-state index is 8.96. The van der Waals surface area contributed by atoms with Crippen molar-refractivity contribution in [2.24, 2.45) is 0 Å². The quantitative estimate of drug-likeness (QED) is 0.789. The summed E-state index contributed by atoms with van der Waals surface area (Å²) in [6.45, 7) is 0. The maximum atomic E-state index is 8.96. The van der Waals surface area contributed by atoms with Gasteiger partial charge in [0, 0.05) is 5.69 Å². The lowest BCUT2D eigenvalue weighted by atomic mass is 10.2. The van der Waals surface area contributed by atoms with Crippen molar-refractivity contribution < 1.29 is 0 Å². The molecule has 0 amide bonds. The number of hydrogen-bond acceptors (Lipinski definition) is 2. The summed E-state index contributed by atoms with van der Waals surface area (Å²) in [4.78, 5) is 0. The van der Waals surface area contributed by atoms with Crippen molar-refractivity contribution >= 4 is 23.2 Å². The van der Waals surface area contributed by atoms with E-state index in [2.05, 4.69) is 0 Å². The Morgan fingerprint density at radius 3 is 1.76 bits per heavy atom. The van der Waals surface area contributed by atoms with Crippen LogP contribution in [-0.4, -0.2) is 4.57 Å². The third-order valence-electron chi connectivity index (χ3n) is 2.29. The van der Waals surface area contributed by atoms with Crippen molar-refractivity contribution in [3.05, 3.63) is 51.8 Å². The minimum atomic E-state index is 0.100. The molecule has 0 aliphatic rings. The van der Waals surface area contributed by atoms with E-state index in [1.807, 2.05) is 30.3 Å². The molecule has 0 fully saturated rings. The van der Waals surface area contributed by atoms with Crippen molar-refractivity contribution in [2.75, 3.05) is 0 Å². The van der Waals surface area contributed by atoms with Crippen LogP contribution in [0.25, 0.3) is 5.69 Å². The summed E-state index contributed by atoms with van der Waals surface area (Å²) in [6.07, 6.45) is 0. The molecule has 5 heteroatoms. The van der Waals surface area contributed by atoms with Gasteiger partial charge in [-0.3, -0.25) is 4.57 Å². The topological polar surface area (TPSA) is 52.5 Å². The SMILES string of the molecule is N#Cc1c(C#N)c(Cl)n(-c2ccccc2)c1Cl. The molecule has 0 aliphatic carbocycles. The first-order valence-corrected chi connectivity index (χ1v) is 5.41. The van der Waals surface area contributed by atoms with Crippen LogP contribution in [0, 0.1) is 22.7 Å². The molecule has 0 saturated carbocycles. The Kier molecular flexibility index (Phi) is 3.06. The zero-order chi connectivity index (χ0) is 12.4. The lowest BCUT2D eigenvalue weighted by Gasteiger charge is -2.05. The molecule has 3 nitrogen and oxygen atoms in total.